The number of nitrogens with one attached hydrogen (secondary N) is 1. The summed E-state index contributed by atoms with van der Waals surface area (Å²) in [6.45, 7) is 9.56. The first-order valence-electron chi connectivity index (χ1n) is 6.36. The molecule has 1 aromatic heterocycles. The van der Waals surface area contributed by atoms with Crippen LogP contribution in [0.5, 0.6) is 0 Å². The number of nitrogens with zero attached hydrogens (tertiary/aromatic N) is 3. The summed E-state index contributed by atoms with van der Waals surface area (Å²) in [7, 11) is 2.07. The summed E-state index contributed by atoms with van der Waals surface area (Å²) >= 11 is 0. The SMILES string of the molecule is CCc1cc(N(C)CCNCC(C)C)ncn1. The highest BCUT2D eigenvalue weighted by atomic mass is 15.2. The smallest absolute Gasteiger partial charge is 0.131 e. The number of anilines is 1. The molecular weight excluding hydrogens is 212 g/mol. The van der Waals surface area contributed by atoms with Crippen molar-refractivity contribution in [2.45, 2.75) is 27.2 Å². The van der Waals surface area contributed by atoms with E-state index in [9.17, 15) is 0 Å². The van der Waals surface area contributed by atoms with Crippen molar-refractivity contribution in [2.75, 3.05) is 31.6 Å². The summed E-state index contributed by atoms with van der Waals surface area (Å²) in [6, 6.07) is 2.06. The molecule has 0 amide bonds. The molecule has 96 valence electrons. The summed E-state index contributed by atoms with van der Waals surface area (Å²) < 4.78 is 0. The lowest BCUT2D eigenvalue weighted by Crippen LogP contribution is -2.31. The minimum absolute atomic E-state index is 0.700. The zero-order valence-corrected chi connectivity index (χ0v) is 11.4. The Morgan fingerprint density at radius 3 is 2.76 bits per heavy atom. The third-order valence-electron chi connectivity index (χ3n) is 2.64. The van der Waals surface area contributed by atoms with Gasteiger partial charge >= 0.3 is 0 Å². The summed E-state index contributed by atoms with van der Waals surface area (Å²) in [4.78, 5) is 10.7. The molecule has 1 rings (SSSR count). The first kappa shape index (κ1) is 13.9. The maximum Gasteiger partial charge on any atom is 0.131 e. The van der Waals surface area contributed by atoms with E-state index < -0.39 is 0 Å². The normalized spacial score (nSPS) is 10.9. The summed E-state index contributed by atoms with van der Waals surface area (Å²) in [5.41, 5.74) is 1.09. The molecule has 0 saturated heterocycles. The van der Waals surface area contributed by atoms with Crippen LogP contribution in [-0.2, 0) is 6.42 Å². The molecule has 0 aromatic carbocycles. The van der Waals surface area contributed by atoms with Crippen LogP contribution in [0.3, 0.4) is 0 Å². The first-order chi connectivity index (χ1) is 8.13. The van der Waals surface area contributed by atoms with Crippen LogP contribution in [0.15, 0.2) is 12.4 Å². The predicted octanol–water partition coefficient (Wildman–Crippen LogP) is 1.72. The van der Waals surface area contributed by atoms with E-state index in [1.165, 1.54) is 0 Å². The third kappa shape index (κ3) is 5.13. The summed E-state index contributed by atoms with van der Waals surface area (Å²) in [5.74, 6) is 1.70. The fourth-order valence-corrected chi connectivity index (χ4v) is 1.54. The van der Waals surface area contributed by atoms with Crippen LogP contribution in [0.1, 0.15) is 26.5 Å². The number of aromatic nitrogens is 2. The Hall–Kier alpha value is -1.16. The van der Waals surface area contributed by atoms with E-state index in [0.717, 1.165) is 37.6 Å². The molecule has 0 atom stereocenters. The van der Waals surface area contributed by atoms with Crippen molar-refractivity contribution < 1.29 is 0 Å². The lowest BCUT2D eigenvalue weighted by molar-refractivity contribution is 0.554. The molecule has 1 heterocycles. The minimum atomic E-state index is 0.700. The molecule has 0 aliphatic heterocycles. The van der Waals surface area contributed by atoms with Gasteiger partial charge in [-0.1, -0.05) is 20.8 Å². The van der Waals surface area contributed by atoms with Crippen molar-refractivity contribution in [2.24, 2.45) is 5.92 Å². The molecule has 1 aromatic rings. The van der Waals surface area contributed by atoms with Crippen LogP contribution in [0.2, 0.25) is 0 Å². The number of likely N-dealkylation sites (N-methyl/N-ethyl adjacent to an activating group) is 1. The second-order valence-electron chi connectivity index (χ2n) is 4.74. The van der Waals surface area contributed by atoms with Crippen LogP contribution >= 0.6 is 0 Å². The lowest BCUT2D eigenvalue weighted by Gasteiger charge is -2.19. The van der Waals surface area contributed by atoms with Gasteiger partial charge in [-0.15, -0.1) is 0 Å². The molecule has 4 heteroatoms. The average Bonchev–Trinajstić information content (AvgIpc) is 2.34. The van der Waals surface area contributed by atoms with Crippen LogP contribution in [0.4, 0.5) is 5.82 Å². The van der Waals surface area contributed by atoms with E-state index in [-0.39, 0.29) is 0 Å². The topological polar surface area (TPSA) is 41.0 Å². The summed E-state index contributed by atoms with van der Waals surface area (Å²) in [6.07, 6.45) is 2.60. The second-order valence-corrected chi connectivity index (χ2v) is 4.74. The first-order valence-corrected chi connectivity index (χ1v) is 6.36. The monoisotopic (exact) mass is 236 g/mol. The van der Waals surface area contributed by atoms with Crippen molar-refractivity contribution >= 4 is 5.82 Å². The predicted molar refractivity (Wildman–Crippen MR) is 72.4 cm³/mol. The second kappa shape index (κ2) is 7.22. The van der Waals surface area contributed by atoms with Crippen molar-refractivity contribution in [3.63, 3.8) is 0 Å². The molecule has 0 radical (unpaired) electrons. The fourth-order valence-electron chi connectivity index (χ4n) is 1.54. The lowest BCUT2D eigenvalue weighted by atomic mass is 10.2. The highest BCUT2D eigenvalue weighted by molar-refractivity contribution is 5.37. The van der Waals surface area contributed by atoms with Gasteiger partial charge in [-0.05, 0) is 18.9 Å². The van der Waals surface area contributed by atoms with Gasteiger partial charge in [0.2, 0.25) is 0 Å². The van der Waals surface area contributed by atoms with Gasteiger partial charge in [0.05, 0.1) is 0 Å². The van der Waals surface area contributed by atoms with Crippen molar-refractivity contribution in [1.82, 2.24) is 15.3 Å². The zero-order chi connectivity index (χ0) is 12.7. The van der Waals surface area contributed by atoms with Gasteiger partial charge in [-0.2, -0.15) is 0 Å². The molecule has 0 aliphatic carbocycles. The molecule has 0 spiro atoms. The quantitative estimate of drug-likeness (QED) is 0.732. The van der Waals surface area contributed by atoms with E-state index >= 15 is 0 Å². The average molecular weight is 236 g/mol. The van der Waals surface area contributed by atoms with Crippen LogP contribution in [0, 0.1) is 5.92 Å². The maximum absolute atomic E-state index is 4.29. The van der Waals surface area contributed by atoms with E-state index in [1.54, 1.807) is 6.33 Å². The highest BCUT2D eigenvalue weighted by Crippen LogP contribution is 2.08. The van der Waals surface area contributed by atoms with Crippen LogP contribution in [-0.4, -0.2) is 36.6 Å². The molecular formula is C13H24N4. The zero-order valence-electron chi connectivity index (χ0n) is 11.4. The van der Waals surface area contributed by atoms with Gasteiger partial charge in [-0.25, -0.2) is 9.97 Å². The van der Waals surface area contributed by atoms with Crippen molar-refractivity contribution in [3.8, 4) is 0 Å². The Morgan fingerprint density at radius 2 is 2.12 bits per heavy atom. The number of rotatable bonds is 7. The standard InChI is InChI=1S/C13H24N4/c1-5-12-8-13(16-10-15-12)17(4)7-6-14-9-11(2)3/h8,10-11,14H,5-7,9H2,1-4H3. The Labute approximate surface area is 104 Å². The number of aryl methyl sites for hydroxylation is 1. The van der Waals surface area contributed by atoms with Gasteiger partial charge in [0, 0.05) is 31.9 Å². The van der Waals surface area contributed by atoms with Crippen LogP contribution < -0.4 is 10.2 Å². The van der Waals surface area contributed by atoms with Gasteiger partial charge in [0.15, 0.2) is 0 Å². The Kier molecular flexibility index (Phi) is 5.91. The molecule has 1 N–H and O–H groups in total. The largest absolute Gasteiger partial charge is 0.358 e. The van der Waals surface area contributed by atoms with E-state index in [1.807, 2.05) is 0 Å². The Morgan fingerprint density at radius 1 is 1.35 bits per heavy atom. The third-order valence-corrected chi connectivity index (χ3v) is 2.64. The molecule has 0 bridgehead atoms. The van der Waals surface area contributed by atoms with E-state index in [4.69, 9.17) is 0 Å². The molecule has 0 aliphatic rings. The minimum Gasteiger partial charge on any atom is -0.358 e. The van der Waals surface area contributed by atoms with Gasteiger partial charge in [0.1, 0.15) is 12.1 Å². The molecule has 0 saturated carbocycles. The van der Waals surface area contributed by atoms with E-state index in [0.29, 0.717) is 5.92 Å². The Balaban J connectivity index is 2.38. The molecule has 0 unspecified atom stereocenters. The van der Waals surface area contributed by atoms with Gasteiger partial charge in [0.25, 0.3) is 0 Å². The highest BCUT2D eigenvalue weighted by Gasteiger charge is 2.03. The number of hydrogen-bond donors (Lipinski definition) is 1. The van der Waals surface area contributed by atoms with Crippen molar-refractivity contribution in [1.29, 1.82) is 0 Å². The van der Waals surface area contributed by atoms with Crippen molar-refractivity contribution in [3.05, 3.63) is 18.1 Å². The summed E-state index contributed by atoms with van der Waals surface area (Å²) in [5, 5.41) is 3.43. The number of hydrogen-bond acceptors (Lipinski definition) is 4. The fraction of sp³-hybridized carbons (Fsp3) is 0.692. The molecule has 17 heavy (non-hydrogen) atoms. The van der Waals surface area contributed by atoms with Gasteiger partial charge in [-0.3, -0.25) is 0 Å². The molecule has 4 nitrogen and oxygen atoms in total. The molecule has 0 fully saturated rings. The maximum atomic E-state index is 4.29. The van der Waals surface area contributed by atoms with Crippen LogP contribution in [0.25, 0.3) is 0 Å². The van der Waals surface area contributed by atoms with Gasteiger partial charge < -0.3 is 10.2 Å². The Bertz CT molecular complexity index is 325. The van der Waals surface area contributed by atoms with E-state index in [2.05, 4.69) is 54.1 Å².